The van der Waals surface area contributed by atoms with E-state index in [-0.39, 0.29) is 42.0 Å². The highest BCUT2D eigenvalue weighted by Crippen LogP contribution is 2.35. The topological polar surface area (TPSA) is 84.6 Å². The molecular formula is C14H27ClN2O3. The minimum absolute atomic E-state index is 0. The summed E-state index contributed by atoms with van der Waals surface area (Å²) in [5.74, 6) is -0.0602. The number of halogens is 1. The molecule has 1 heterocycles. The highest BCUT2D eigenvalue weighted by molar-refractivity contribution is 5.85. The quantitative estimate of drug-likeness (QED) is 0.722. The summed E-state index contributed by atoms with van der Waals surface area (Å²) in [5, 5.41) is 13.0. The molecule has 2 fully saturated rings. The number of rotatable bonds is 4. The van der Waals surface area contributed by atoms with Gasteiger partial charge in [-0.1, -0.05) is 19.8 Å². The summed E-state index contributed by atoms with van der Waals surface area (Å²) in [6, 6.07) is 0. The summed E-state index contributed by atoms with van der Waals surface area (Å²) in [4.78, 5) is 12.0. The van der Waals surface area contributed by atoms with E-state index in [2.05, 4.69) is 12.2 Å². The summed E-state index contributed by atoms with van der Waals surface area (Å²) >= 11 is 0. The fourth-order valence-electron chi connectivity index (χ4n) is 3.06. The largest absolute Gasteiger partial charge is 0.392 e. The number of hydrogen-bond acceptors (Lipinski definition) is 4. The number of carbonyl (C=O) groups is 1. The number of aliphatic hydroxyl groups excluding tert-OH is 1. The van der Waals surface area contributed by atoms with Gasteiger partial charge in [-0.3, -0.25) is 4.79 Å². The van der Waals surface area contributed by atoms with E-state index >= 15 is 0 Å². The molecule has 4 N–H and O–H groups in total. The predicted octanol–water partition coefficient (Wildman–Crippen LogP) is 0.972. The van der Waals surface area contributed by atoms with Crippen molar-refractivity contribution in [2.75, 3.05) is 13.1 Å². The van der Waals surface area contributed by atoms with Gasteiger partial charge in [-0.25, -0.2) is 0 Å². The summed E-state index contributed by atoms with van der Waals surface area (Å²) in [5.41, 5.74) is 5.34. The van der Waals surface area contributed by atoms with Gasteiger partial charge in [0, 0.05) is 18.5 Å². The predicted molar refractivity (Wildman–Crippen MR) is 79.8 cm³/mol. The van der Waals surface area contributed by atoms with Crippen LogP contribution in [0.25, 0.3) is 0 Å². The molecule has 1 aliphatic heterocycles. The standard InChI is InChI=1S/C14H26N2O3.ClH/c1-14(7-3-2-4-12(14)17)9-16-13(18)11-6-5-10(8-15)19-11;/h10-12,17H,2-9,15H2,1H3,(H,16,18);1H/t10-,11+,12?,14?;/m1./s1. The molecular weight excluding hydrogens is 280 g/mol. The van der Waals surface area contributed by atoms with Crippen LogP contribution in [0.3, 0.4) is 0 Å². The van der Waals surface area contributed by atoms with Crippen LogP contribution in [0, 0.1) is 5.41 Å². The number of ether oxygens (including phenoxy) is 1. The Morgan fingerprint density at radius 1 is 1.40 bits per heavy atom. The average Bonchev–Trinajstić information content (AvgIpc) is 2.89. The SMILES string of the molecule is CC1(CNC(=O)[C@@H]2CC[C@H](CN)O2)CCCCC1O.Cl. The lowest BCUT2D eigenvalue weighted by Gasteiger charge is -2.38. The van der Waals surface area contributed by atoms with Crippen LogP contribution in [-0.2, 0) is 9.53 Å². The first kappa shape index (κ1) is 17.7. The van der Waals surface area contributed by atoms with Gasteiger partial charge in [0.05, 0.1) is 12.2 Å². The fourth-order valence-corrected chi connectivity index (χ4v) is 3.06. The van der Waals surface area contributed by atoms with Crippen molar-refractivity contribution in [3.63, 3.8) is 0 Å². The first-order valence-corrected chi connectivity index (χ1v) is 7.36. The van der Waals surface area contributed by atoms with Crippen LogP contribution in [0.4, 0.5) is 0 Å². The fraction of sp³-hybridized carbons (Fsp3) is 0.929. The Bertz CT molecular complexity index is 330. The second-order valence-corrected chi connectivity index (χ2v) is 6.19. The third-order valence-corrected chi connectivity index (χ3v) is 4.61. The van der Waals surface area contributed by atoms with Crippen LogP contribution in [0.2, 0.25) is 0 Å². The van der Waals surface area contributed by atoms with Gasteiger partial charge >= 0.3 is 0 Å². The Morgan fingerprint density at radius 3 is 2.75 bits per heavy atom. The Morgan fingerprint density at radius 2 is 2.15 bits per heavy atom. The number of nitrogens with one attached hydrogen (secondary N) is 1. The second kappa shape index (κ2) is 7.59. The number of hydrogen-bond donors (Lipinski definition) is 3. The van der Waals surface area contributed by atoms with E-state index in [1.165, 1.54) is 0 Å². The van der Waals surface area contributed by atoms with Crippen molar-refractivity contribution in [1.82, 2.24) is 5.32 Å². The summed E-state index contributed by atoms with van der Waals surface area (Å²) in [6.07, 6.45) is 4.94. The molecule has 0 spiro atoms. The van der Waals surface area contributed by atoms with Crippen molar-refractivity contribution < 1.29 is 14.6 Å². The maximum atomic E-state index is 12.0. The maximum absolute atomic E-state index is 12.0. The van der Waals surface area contributed by atoms with E-state index in [9.17, 15) is 9.90 Å². The summed E-state index contributed by atoms with van der Waals surface area (Å²) in [7, 11) is 0. The Hall–Kier alpha value is -0.360. The zero-order valence-electron chi connectivity index (χ0n) is 12.1. The van der Waals surface area contributed by atoms with Crippen LogP contribution >= 0.6 is 12.4 Å². The van der Waals surface area contributed by atoms with Gasteiger partial charge in [0.25, 0.3) is 0 Å². The van der Waals surface area contributed by atoms with Crippen LogP contribution in [0.15, 0.2) is 0 Å². The van der Waals surface area contributed by atoms with Crippen LogP contribution < -0.4 is 11.1 Å². The molecule has 0 aromatic heterocycles. The van der Waals surface area contributed by atoms with E-state index in [4.69, 9.17) is 10.5 Å². The molecule has 6 heteroatoms. The van der Waals surface area contributed by atoms with Gasteiger partial charge in [-0.2, -0.15) is 0 Å². The lowest BCUT2D eigenvalue weighted by Crippen LogP contribution is -2.47. The number of carbonyl (C=O) groups excluding carboxylic acids is 1. The van der Waals surface area contributed by atoms with E-state index < -0.39 is 0 Å². The van der Waals surface area contributed by atoms with Gasteiger partial charge < -0.3 is 20.9 Å². The van der Waals surface area contributed by atoms with E-state index in [0.29, 0.717) is 13.1 Å². The lowest BCUT2D eigenvalue weighted by molar-refractivity contribution is -0.133. The third-order valence-electron chi connectivity index (χ3n) is 4.61. The lowest BCUT2D eigenvalue weighted by atomic mass is 9.73. The molecule has 0 aromatic carbocycles. The Balaban J connectivity index is 0.00000200. The zero-order valence-corrected chi connectivity index (χ0v) is 13.0. The molecule has 2 unspecified atom stereocenters. The monoisotopic (exact) mass is 306 g/mol. The molecule has 1 saturated carbocycles. The van der Waals surface area contributed by atoms with Gasteiger partial charge in [-0.05, 0) is 25.7 Å². The minimum atomic E-state index is -0.363. The van der Waals surface area contributed by atoms with E-state index in [0.717, 1.165) is 38.5 Å². The molecule has 118 valence electrons. The first-order valence-electron chi connectivity index (χ1n) is 7.36. The summed E-state index contributed by atoms with van der Waals surface area (Å²) < 4.78 is 5.57. The Kier molecular flexibility index (Phi) is 6.72. The van der Waals surface area contributed by atoms with Crippen LogP contribution in [0.5, 0.6) is 0 Å². The molecule has 0 aromatic rings. The Labute approximate surface area is 127 Å². The van der Waals surface area contributed by atoms with Crippen molar-refractivity contribution in [2.24, 2.45) is 11.1 Å². The minimum Gasteiger partial charge on any atom is -0.392 e. The van der Waals surface area contributed by atoms with E-state index in [1.807, 2.05) is 0 Å². The highest BCUT2D eigenvalue weighted by atomic mass is 35.5. The highest BCUT2D eigenvalue weighted by Gasteiger charge is 2.37. The van der Waals surface area contributed by atoms with Gasteiger partial charge in [0.15, 0.2) is 0 Å². The van der Waals surface area contributed by atoms with Gasteiger partial charge in [0.1, 0.15) is 6.10 Å². The van der Waals surface area contributed by atoms with Crippen molar-refractivity contribution in [2.45, 2.75) is 63.8 Å². The van der Waals surface area contributed by atoms with E-state index in [1.54, 1.807) is 0 Å². The summed E-state index contributed by atoms with van der Waals surface area (Å²) in [6.45, 7) is 3.05. The first-order chi connectivity index (χ1) is 9.05. The molecule has 2 aliphatic rings. The number of amides is 1. The molecule has 1 amide bonds. The van der Waals surface area contributed by atoms with Gasteiger partial charge in [0.2, 0.25) is 5.91 Å². The molecule has 1 aliphatic carbocycles. The molecule has 0 bridgehead atoms. The van der Waals surface area contributed by atoms with Gasteiger partial charge in [-0.15, -0.1) is 12.4 Å². The third kappa shape index (κ3) is 4.07. The van der Waals surface area contributed by atoms with Crippen molar-refractivity contribution >= 4 is 18.3 Å². The molecule has 20 heavy (non-hydrogen) atoms. The maximum Gasteiger partial charge on any atom is 0.249 e. The van der Waals surface area contributed by atoms with Crippen LogP contribution in [-0.4, -0.2) is 42.4 Å². The van der Waals surface area contributed by atoms with Crippen LogP contribution in [0.1, 0.15) is 45.4 Å². The zero-order chi connectivity index (χ0) is 13.9. The van der Waals surface area contributed by atoms with Crippen molar-refractivity contribution in [1.29, 1.82) is 0 Å². The average molecular weight is 307 g/mol. The molecule has 5 nitrogen and oxygen atoms in total. The number of nitrogens with two attached hydrogens (primary N) is 1. The molecule has 4 atom stereocenters. The van der Waals surface area contributed by atoms with Crippen molar-refractivity contribution in [3.8, 4) is 0 Å². The normalized spacial score (nSPS) is 37.2. The molecule has 0 radical (unpaired) electrons. The number of aliphatic hydroxyl groups is 1. The molecule has 1 saturated heterocycles. The smallest absolute Gasteiger partial charge is 0.249 e. The second-order valence-electron chi connectivity index (χ2n) is 6.19. The van der Waals surface area contributed by atoms with Crippen molar-refractivity contribution in [3.05, 3.63) is 0 Å². The molecule has 2 rings (SSSR count).